The van der Waals surface area contributed by atoms with Crippen molar-refractivity contribution in [1.29, 1.82) is 0 Å². The van der Waals surface area contributed by atoms with Crippen LogP contribution in [-0.4, -0.2) is 54.6 Å². The Morgan fingerprint density at radius 3 is 2.31 bits per heavy atom. The van der Waals surface area contributed by atoms with Crippen LogP contribution in [0.1, 0.15) is 42.6 Å². The maximum atomic E-state index is 16.3. The first-order valence-electron chi connectivity index (χ1n) is 13.7. The first-order chi connectivity index (χ1) is 19.8. The van der Waals surface area contributed by atoms with Crippen molar-refractivity contribution in [3.8, 4) is 16.9 Å². The van der Waals surface area contributed by atoms with Gasteiger partial charge in [-0.15, -0.1) is 0 Å². The summed E-state index contributed by atoms with van der Waals surface area (Å²) in [5.74, 6) is -2.29. The number of anilines is 2. The number of hydrogen-bond acceptors (Lipinski definition) is 5. The van der Waals surface area contributed by atoms with Crippen LogP contribution in [0.25, 0.3) is 11.1 Å². The number of H-pyrrole nitrogens is 1. The summed E-state index contributed by atoms with van der Waals surface area (Å²) in [6.45, 7) is 5.12. The second-order valence-electron chi connectivity index (χ2n) is 11.1. The van der Waals surface area contributed by atoms with Crippen LogP contribution in [0, 0.1) is 17.6 Å². The number of alkyl halides is 3. The number of aromatic nitrogens is 1. The van der Waals surface area contributed by atoms with E-state index in [2.05, 4.69) is 15.2 Å². The van der Waals surface area contributed by atoms with Crippen molar-refractivity contribution in [2.45, 2.75) is 44.9 Å². The van der Waals surface area contributed by atoms with Gasteiger partial charge in [0.2, 0.25) is 5.56 Å². The van der Waals surface area contributed by atoms with E-state index in [0.29, 0.717) is 37.6 Å². The van der Waals surface area contributed by atoms with Gasteiger partial charge in [-0.2, -0.15) is 13.2 Å². The smallest absolute Gasteiger partial charge is 0.417 e. The van der Waals surface area contributed by atoms with Gasteiger partial charge in [-0.3, -0.25) is 14.5 Å². The fourth-order valence-electron chi connectivity index (χ4n) is 5.13. The van der Waals surface area contributed by atoms with Crippen LogP contribution in [0.3, 0.4) is 0 Å². The Kier molecular flexibility index (Phi) is 8.02. The summed E-state index contributed by atoms with van der Waals surface area (Å²) in [6, 6.07) is 7.44. The molecular weight excluding hydrogens is 559 g/mol. The summed E-state index contributed by atoms with van der Waals surface area (Å²) in [6.07, 6.45) is -2.20. The van der Waals surface area contributed by atoms with E-state index >= 15 is 8.78 Å². The molecule has 12 heteroatoms. The number of carbonyl (C=O) groups excluding carboxylic acids is 1. The second-order valence-corrected chi connectivity index (χ2v) is 11.1. The van der Waals surface area contributed by atoms with Crippen LogP contribution >= 0.6 is 0 Å². The minimum atomic E-state index is -5.03. The molecule has 0 bridgehead atoms. The molecule has 1 aliphatic carbocycles. The Morgan fingerprint density at radius 1 is 1.07 bits per heavy atom. The van der Waals surface area contributed by atoms with Crippen molar-refractivity contribution in [1.82, 2.24) is 9.88 Å². The monoisotopic (exact) mass is 590 g/mol. The SMILES string of the molecule is C[C@@H]1CN(c2cc(F)c(-c3ccc(OCC4CC4)cc3)c(F)c2NC(=O)c2c[nH]c(=O)cc2C(F)(F)F)C[C@H](C)N1C. The van der Waals surface area contributed by atoms with Crippen molar-refractivity contribution in [3.05, 3.63) is 75.7 Å². The third-order valence-electron chi connectivity index (χ3n) is 7.94. The lowest BCUT2D eigenvalue weighted by Gasteiger charge is -2.44. The van der Waals surface area contributed by atoms with Crippen molar-refractivity contribution in [2.75, 3.05) is 37.0 Å². The first-order valence-corrected chi connectivity index (χ1v) is 13.7. The summed E-state index contributed by atoms with van der Waals surface area (Å²) < 4.78 is 78.8. The number of amides is 1. The molecule has 2 heterocycles. The Labute approximate surface area is 239 Å². The molecule has 1 aromatic heterocycles. The summed E-state index contributed by atoms with van der Waals surface area (Å²) >= 11 is 0. The highest BCUT2D eigenvalue weighted by molar-refractivity contribution is 6.07. The molecule has 42 heavy (non-hydrogen) atoms. The molecule has 7 nitrogen and oxygen atoms in total. The number of rotatable bonds is 7. The zero-order chi connectivity index (χ0) is 30.3. The van der Waals surface area contributed by atoms with E-state index < -0.39 is 51.7 Å². The molecule has 2 fully saturated rings. The summed E-state index contributed by atoms with van der Waals surface area (Å²) in [5, 5.41) is 2.27. The first kappa shape index (κ1) is 29.6. The number of likely N-dealkylation sites (N-methyl/N-ethyl adjacent to an activating group) is 1. The minimum absolute atomic E-state index is 0.00345. The molecule has 5 rings (SSSR count). The molecule has 1 saturated heterocycles. The number of benzene rings is 2. The van der Waals surface area contributed by atoms with Crippen molar-refractivity contribution in [2.24, 2.45) is 5.92 Å². The van der Waals surface area contributed by atoms with Crippen LogP contribution < -0.4 is 20.5 Å². The fourth-order valence-corrected chi connectivity index (χ4v) is 5.13. The number of hydrogen-bond donors (Lipinski definition) is 2. The molecule has 3 aromatic rings. The quantitative estimate of drug-likeness (QED) is 0.335. The van der Waals surface area contributed by atoms with Gasteiger partial charge in [-0.25, -0.2) is 8.78 Å². The predicted molar refractivity (Wildman–Crippen MR) is 149 cm³/mol. The van der Waals surface area contributed by atoms with Gasteiger partial charge in [-0.1, -0.05) is 12.1 Å². The number of nitrogens with zero attached hydrogens (tertiary/aromatic N) is 2. The number of carbonyl (C=O) groups is 1. The molecular formula is C30H31F5N4O3. The maximum absolute atomic E-state index is 16.3. The third-order valence-corrected chi connectivity index (χ3v) is 7.94. The molecule has 2 atom stereocenters. The molecule has 1 aliphatic heterocycles. The van der Waals surface area contributed by atoms with Crippen LogP contribution in [0.2, 0.25) is 0 Å². The fraction of sp³-hybridized carbons (Fsp3) is 0.400. The van der Waals surface area contributed by atoms with E-state index in [0.717, 1.165) is 18.9 Å². The van der Waals surface area contributed by atoms with E-state index in [1.54, 1.807) is 17.0 Å². The number of nitrogens with one attached hydrogen (secondary N) is 2. The number of aromatic amines is 1. The van der Waals surface area contributed by atoms with Gasteiger partial charge in [-0.05, 0) is 57.4 Å². The van der Waals surface area contributed by atoms with Crippen molar-refractivity contribution < 1.29 is 31.5 Å². The predicted octanol–water partition coefficient (Wildman–Crippen LogP) is 5.91. The summed E-state index contributed by atoms with van der Waals surface area (Å²) in [7, 11) is 1.92. The zero-order valence-corrected chi connectivity index (χ0v) is 23.3. The van der Waals surface area contributed by atoms with E-state index in [1.807, 2.05) is 20.9 Å². The molecule has 224 valence electrons. The van der Waals surface area contributed by atoms with Gasteiger partial charge in [0.15, 0.2) is 5.82 Å². The van der Waals surface area contributed by atoms with Gasteiger partial charge < -0.3 is 19.9 Å². The Hall–Kier alpha value is -3.93. The number of piperazine rings is 1. The number of halogens is 5. The normalized spacial score (nSPS) is 19.6. The van der Waals surface area contributed by atoms with Crippen molar-refractivity contribution >= 4 is 17.3 Å². The highest BCUT2D eigenvalue weighted by atomic mass is 19.4. The van der Waals surface area contributed by atoms with Gasteiger partial charge in [0, 0.05) is 43.5 Å². The highest BCUT2D eigenvalue weighted by Gasteiger charge is 2.37. The summed E-state index contributed by atoms with van der Waals surface area (Å²) in [5.41, 5.74) is -4.20. The lowest BCUT2D eigenvalue weighted by atomic mass is 10.00. The van der Waals surface area contributed by atoms with Crippen LogP contribution in [0.4, 0.5) is 33.3 Å². The van der Waals surface area contributed by atoms with Crippen LogP contribution in [0.15, 0.2) is 47.4 Å². The molecule has 2 aromatic carbocycles. The maximum Gasteiger partial charge on any atom is 0.417 e. The van der Waals surface area contributed by atoms with Gasteiger partial charge in [0.25, 0.3) is 5.91 Å². The zero-order valence-electron chi connectivity index (χ0n) is 23.3. The Bertz CT molecular complexity index is 1520. The molecule has 0 spiro atoms. The highest BCUT2D eigenvalue weighted by Crippen LogP contribution is 2.40. The van der Waals surface area contributed by atoms with Gasteiger partial charge >= 0.3 is 6.18 Å². The number of pyridine rings is 1. The van der Waals surface area contributed by atoms with Crippen LogP contribution in [0.5, 0.6) is 5.75 Å². The van der Waals surface area contributed by atoms with E-state index in [1.165, 1.54) is 12.1 Å². The molecule has 0 unspecified atom stereocenters. The summed E-state index contributed by atoms with van der Waals surface area (Å²) in [4.78, 5) is 30.7. The van der Waals surface area contributed by atoms with E-state index in [4.69, 9.17) is 4.74 Å². The lowest BCUT2D eigenvalue weighted by molar-refractivity contribution is -0.138. The van der Waals surface area contributed by atoms with Crippen molar-refractivity contribution in [3.63, 3.8) is 0 Å². The Balaban J connectivity index is 1.57. The molecule has 2 aliphatic rings. The average molecular weight is 591 g/mol. The molecule has 1 saturated carbocycles. The molecule has 2 N–H and O–H groups in total. The standard InChI is InChI=1S/C30H31F5N4O3/c1-16-13-39(14-17(2)38(16)3)24-11-23(31)26(19-6-8-20(9-7-19)42-15-18-4-5-18)27(32)28(24)37-29(41)21-12-36-25(40)10-22(21)30(33,34)35/h6-12,16-18H,4-5,13-15H2,1-3H3,(H,36,40)(H,37,41)/t16-,17+. The Morgan fingerprint density at radius 2 is 1.71 bits per heavy atom. The largest absolute Gasteiger partial charge is 0.493 e. The molecule has 1 amide bonds. The molecule has 0 radical (unpaired) electrons. The van der Waals surface area contributed by atoms with E-state index in [9.17, 15) is 22.8 Å². The van der Waals surface area contributed by atoms with Gasteiger partial charge in [0.05, 0.1) is 29.0 Å². The van der Waals surface area contributed by atoms with Gasteiger partial charge in [0.1, 0.15) is 17.3 Å². The third kappa shape index (κ3) is 6.13. The average Bonchev–Trinajstić information content (AvgIpc) is 3.76. The minimum Gasteiger partial charge on any atom is -0.493 e. The number of ether oxygens (including phenoxy) is 1. The lowest BCUT2D eigenvalue weighted by Crippen LogP contribution is -2.55. The van der Waals surface area contributed by atoms with E-state index in [-0.39, 0.29) is 29.4 Å². The topological polar surface area (TPSA) is 77.7 Å². The second kappa shape index (κ2) is 11.4. The van der Waals surface area contributed by atoms with Crippen LogP contribution in [-0.2, 0) is 6.18 Å².